The zero-order valence-corrected chi connectivity index (χ0v) is 16.3. The summed E-state index contributed by atoms with van der Waals surface area (Å²) in [4.78, 5) is 0.931. The van der Waals surface area contributed by atoms with Crippen LogP contribution in [-0.4, -0.2) is 19.8 Å². The lowest BCUT2D eigenvalue weighted by Crippen LogP contribution is -2.48. The van der Waals surface area contributed by atoms with E-state index in [0.29, 0.717) is 5.41 Å². The van der Waals surface area contributed by atoms with Gasteiger partial charge < -0.3 is 0 Å². The Hall–Kier alpha value is -1.27. The molecule has 0 radical (unpaired) electrons. The summed E-state index contributed by atoms with van der Waals surface area (Å²) < 4.78 is 3.03. The lowest BCUT2D eigenvalue weighted by atomic mass is 9.50. The molecule has 6 heteroatoms. The van der Waals surface area contributed by atoms with Crippen LogP contribution in [0.4, 0.5) is 0 Å². The number of aromatic nitrogens is 4. The molecule has 4 fully saturated rings. The molecule has 0 amide bonds. The van der Waals surface area contributed by atoms with Crippen LogP contribution in [0.15, 0.2) is 28.7 Å². The first-order valence-electron chi connectivity index (χ1n) is 9.17. The summed E-state index contributed by atoms with van der Waals surface area (Å²) in [5.41, 5.74) is 1.39. The maximum atomic E-state index is 5.06. The molecule has 1 aromatic carbocycles. The van der Waals surface area contributed by atoms with Crippen LogP contribution in [0.5, 0.6) is 0 Å². The molecule has 4 saturated carbocycles. The molecule has 0 spiro atoms. The Balaban J connectivity index is 1.46. The van der Waals surface area contributed by atoms with E-state index in [1.807, 2.05) is 16.6 Å². The summed E-state index contributed by atoms with van der Waals surface area (Å²) in [7, 11) is 0. The van der Waals surface area contributed by atoms with Gasteiger partial charge in [0.15, 0.2) is 5.82 Å². The highest BCUT2D eigenvalue weighted by Crippen LogP contribution is 2.61. The molecular weight excluding hydrogens is 396 g/mol. The number of rotatable bonds is 2. The summed E-state index contributed by atoms with van der Waals surface area (Å²) in [5.74, 6) is 3.66. The molecule has 4 aliphatic rings. The van der Waals surface area contributed by atoms with E-state index in [4.69, 9.17) is 5.10 Å². The zero-order chi connectivity index (χ0) is 16.6. The number of nitrogens with zero attached hydrogens (tertiary/aromatic N) is 4. The van der Waals surface area contributed by atoms with Crippen LogP contribution < -0.4 is 0 Å². The number of fused-ring (bicyclic) bond motifs is 1. The van der Waals surface area contributed by atoms with Gasteiger partial charge in [0.2, 0.25) is 4.96 Å². The number of hydrogen-bond acceptors (Lipinski definition) is 4. The normalized spacial score (nSPS) is 33.4. The van der Waals surface area contributed by atoms with E-state index in [2.05, 4.69) is 38.3 Å². The molecule has 2 heterocycles. The van der Waals surface area contributed by atoms with Crippen molar-refractivity contribution in [2.45, 2.75) is 43.9 Å². The summed E-state index contributed by atoms with van der Waals surface area (Å²) in [6.45, 7) is 0. The molecule has 25 heavy (non-hydrogen) atoms. The topological polar surface area (TPSA) is 43.1 Å². The van der Waals surface area contributed by atoms with E-state index in [1.54, 1.807) is 11.3 Å². The summed E-state index contributed by atoms with van der Waals surface area (Å²) in [6, 6.07) is 8.22. The number of halogens is 1. The average molecular weight is 415 g/mol. The quantitative estimate of drug-likeness (QED) is 0.586. The molecule has 2 aromatic heterocycles. The summed E-state index contributed by atoms with van der Waals surface area (Å²) in [5, 5.41) is 15.2. The minimum atomic E-state index is 0.328. The first kappa shape index (κ1) is 14.9. The highest BCUT2D eigenvalue weighted by Gasteiger charge is 2.53. The predicted molar refractivity (Wildman–Crippen MR) is 102 cm³/mol. The average Bonchev–Trinajstić information content (AvgIpc) is 3.14. The second kappa shape index (κ2) is 5.13. The third kappa shape index (κ3) is 2.19. The maximum absolute atomic E-state index is 5.06. The molecule has 4 nitrogen and oxygen atoms in total. The van der Waals surface area contributed by atoms with Crippen molar-refractivity contribution in [2.75, 3.05) is 0 Å². The van der Waals surface area contributed by atoms with Crippen LogP contribution in [0.25, 0.3) is 16.3 Å². The Morgan fingerprint density at radius 1 is 1.04 bits per heavy atom. The van der Waals surface area contributed by atoms with Crippen LogP contribution in [0.1, 0.15) is 43.5 Å². The van der Waals surface area contributed by atoms with E-state index in [0.717, 1.165) is 38.6 Å². The van der Waals surface area contributed by atoms with Gasteiger partial charge in [0.1, 0.15) is 5.01 Å². The minimum absolute atomic E-state index is 0.328. The van der Waals surface area contributed by atoms with Gasteiger partial charge in [-0.2, -0.15) is 9.61 Å². The lowest BCUT2D eigenvalue weighted by molar-refractivity contribution is -0.00565. The molecule has 0 saturated heterocycles. The fourth-order valence-corrected chi connectivity index (χ4v) is 7.47. The van der Waals surface area contributed by atoms with Gasteiger partial charge in [-0.3, -0.25) is 0 Å². The van der Waals surface area contributed by atoms with Crippen molar-refractivity contribution in [3.05, 3.63) is 33.7 Å². The van der Waals surface area contributed by atoms with Crippen molar-refractivity contribution in [3.63, 3.8) is 0 Å². The highest BCUT2D eigenvalue weighted by molar-refractivity contribution is 9.10. The van der Waals surface area contributed by atoms with Crippen LogP contribution in [-0.2, 0) is 5.41 Å². The molecular formula is C19H19BrN4S. The van der Waals surface area contributed by atoms with Gasteiger partial charge in [-0.1, -0.05) is 39.4 Å². The SMILES string of the molecule is Brc1cccc(-c2nnc3sc(C45CC6CC(CC(C6)C4)C5)nn23)c1. The van der Waals surface area contributed by atoms with E-state index in [-0.39, 0.29) is 0 Å². The molecule has 7 rings (SSSR count). The van der Waals surface area contributed by atoms with Crippen molar-refractivity contribution < 1.29 is 0 Å². The van der Waals surface area contributed by atoms with Crippen molar-refractivity contribution in [1.29, 1.82) is 0 Å². The molecule has 0 N–H and O–H groups in total. The third-order valence-corrected chi connectivity index (χ3v) is 8.20. The molecule has 4 bridgehead atoms. The molecule has 0 atom stereocenters. The van der Waals surface area contributed by atoms with Gasteiger partial charge in [0, 0.05) is 15.5 Å². The van der Waals surface area contributed by atoms with Gasteiger partial charge in [-0.05, 0) is 68.4 Å². The van der Waals surface area contributed by atoms with Gasteiger partial charge in [0.05, 0.1) is 0 Å². The standard InChI is InChI=1S/C19H19BrN4S/c20-15-3-1-2-14(7-15)16-21-22-18-24(16)23-17(25-18)19-8-11-4-12(9-19)6-13(5-11)10-19/h1-3,7,11-13H,4-6,8-10H2. The Kier molecular flexibility index (Phi) is 3.05. The van der Waals surface area contributed by atoms with Crippen LogP contribution >= 0.6 is 27.3 Å². The zero-order valence-electron chi connectivity index (χ0n) is 13.9. The van der Waals surface area contributed by atoms with Crippen molar-refractivity contribution >= 4 is 32.2 Å². The third-order valence-electron chi connectivity index (χ3n) is 6.57. The van der Waals surface area contributed by atoms with Crippen molar-refractivity contribution in [3.8, 4) is 11.4 Å². The van der Waals surface area contributed by atoms with E-state index >= 15 is 0 Å². The first-order valence-corrected chi connectivity index (χ1v) is 10.8. The van der Waals surface area contributed by atoms with Crippen molar-refractivity contribution in [1.82, 2.24) is 19.8 Å². The van der Waals surface area contributed by atoms with Gasteiger partial charge in [-0.15, -0.1) is 10.2 Å². The van der Waals surface area contributed by atoms with Crippen molar-refractivity contribution in [2.24, 2.45) is 17.8 Å². The van der Waals surface area contributed by atoms with E-state index in [1.165, 1.54) is 43.5 Å². The van der Waals surface area contributed by atoms with Gasteiger partial charge in [0.25, 0.3) is 0 Å². The molecule has 0 unspecified atom stereocenters. The Labute approximate surface area is 158 Å². The Morgan fingerprint density at radius 2 is 1.76 bits per heavy atom. The monoisotopic (exact) mass is 414 g/mol. The van der Waals surface area contributed by atoms with E-state index in [9.17, 15) is 0 Å². The Morgan fingerprint density at radius 3 is 2.44 bits per heavy atom. The highest BCUT2D eigenvalue weighted by atomic mass is 79.9. The molecule has 3 aromatic rings. The van der Waals surface area contributed by atoms with Gasteiger partial charge >= 0.3 is 0 Å². The predicted octanol–water partition coefficient (Wildman–Crippen LogP) is 5.08. The van der Waals surface area contributed by atoms with E-state index < -0.39 is 0 Å². The summed E-state index contributed by atoms with van der Waals surface area (Å²) in [6.07, 6.45) is 8.42. The second-order valence-corrected chi connectivity index (χ2v) is 10.2. The lowest BCUT2D eigenvalue weighted by Gasteiger charge is -2.55. The summed E-state index contributed by atoms with van der Waals surface area (Å²) >= 11 is 5.32. The Bertz CT molecular complexity index is 940. The van der Waals surface area contributed by atoms with Crippen LogP contribution in [0.3, 0.4) is 0 Å². The maximum Gasteiger partial charge on any atom is 0.234 e. The fourth-order valence-electron chi connectivity index (χ4n) is 6.01. The molecule has 128 valence electrons. The molecule has 0 aliphatic heterocycles. The molecule has 4 aliphatic carbocycles. The number of hydrogen-bond donors (Lipinski definition) is 0. The largest absolute Gasteiger partial charge is 0.234 e. The fraction of sp³-hybridized carbons (Fsp3) is 0.526. The smallest absolute Gasteiger partial charge is 0.183 e. The second-order valence-electron chi connectivity index (χ2n) is 8.33. The van der Waals surface area contributed by atoms with Gasteiger partial charge in [-0.25, -0.2) is 0 Å². The van der Waals surface area contributed by atoms with Crippen LogP contribution in [0, 0.1) is 17.8 Å². The first-order chi connectivity index (χ1) is 12.2. The van der Waals surface area contributed by atoms with Crippen LogP contribution in [0.2, 0.25) is 0 Å². The minimum Gasteiger partial charge on any atom is -0.183 e. The number of benzene rings is 1.